The van der Waals surface area contributed by atoms with E-state index in [1.54, 1.807) is 0 Å². The second kappa shape index (κ2) is 8.44. The summed E-state index contributed by atoms with van der Waals surface area (Å²) in [4.78, 5) is 14.1. The number of carbonyl (C=O) groups excluding carboxylic acids is 1. The molecule has 0 bridgehead atoms. The van der Waals surface area contributed by atoms with Crippen molar-refractivity contribution in [1.29, 1.82) is 5.26 Å². The SMILES string of the molecule is CC(C)CN(CCC#N)CC(=O)Cc1ccccc1. The number of hydrogen-bond donors (Lipinski definition) is 0. The van der Waals surface area contributed by atoms with Crippen molar-refractivity contribution in [2.24, 2.45) is 5.92 Å². The van der Waals surface area contributed by atoms with Crippen molar-refractivity contribution in [1.82, 2.24) is 4.90 Å². The standard InChI is InChI=1S/C16H22N2O/c1-14(2)12-18(10-6-9-17)13-16(19)11-15-7-4-3-5-8-15/h3-5,7-8,14H,6,10-13H2,1-2H3. The van der Waals surface area contributed by atoms with Crippen molar-refractivity contribution in [2.45, 2.75) is 26.7 Å². The fourth-order valence-electron chi connectivity index (χ4n) is 2.09. The molecule has 1 rings (SSSR count). The zero-order valence-corrected chi connectivity index (χ0v) is 11.8. The minimum atomic E-state index is 0.213. The predicted molar refractivity (Wildman–Crippen MR) is 76.7 cm³/mol. The lowest BCUT2D eigenvalue weighted by Gasteiger charge is -2.22. The molecule has 0 heterocycles. The van der Waals surface area contributed by atoms with Crippen LogP contribution in [-0.4, -0.2) is 30.3 Å². The Balaban J connectivity index is 2.48. The minimum Gasteiger partial charge on any atom is -0.298 e. The lowest BCUT2D eigenvalue weighted by atomic mass is 10.1. The first-order chi connectivity index (χ1) is 9.11. The molecule has 0 aliphatic carbocycles. The quantitative estimate of drug-likeness (QED) is 0.720. The van der Waals surface area contributed by atoms with Crippen molar-refractivity contribution < 1.29 is 4.79 Å². The molecular formula is C16H22N2O. The summed E-state index contributed by atoms with van der Waals surface area (Å²) in [6.45, 7) is 6.23. The molecule has 0 saturated heterocycles. The Kier molecular flexibility index (Phi) is 6.84. The van der Waals surface area contributed by atoms with Crippen LogP contribution >= 0.6 is 0 Å². The number of carbonyl (C=O) groups is 1. The number of ketones is 1. The minimum absolute atomic E-state index is 0.213. The molecule has 102 valence electrons. The summed E-state index contributed by atoms with van der Waals surface area (Å²) in [7, 11) is 0. The van der Waals surface area contributed by atoms with E-state index in [9.17, 15) is 4.79 Å². The van der Waals surface area contributed by atoms with E-state index in [1.807, 2.05) is 30.3 Å². The Bertz CT molecular complexity index is 420. The number of benzene rings is 1. The summed E-state index contributed by atoms with van der Waals surface area (Å²) in [5, 5.41) is 8.66. The normalized spacial score (nSPS) is 10.7. The molecule has 0 saturated carbocycles. The van der Waals surface area contributed by atoms with Gasteiger partial charge in [0, 0.05) is 25.9 Å². The van der Waals surface area contributed by atoms with Crippen LogP contribution in [0, 0.1) is 17.2 Å². The van der Waals surface area contributed by atoms with E-state index >= 15 is 0 Å². The summed E-state index contributed by atoms with van der Waals surface area (Å²) in [6, 6.07) is 11.9. The van der Waals surface area contributed by atoms with Gasteiger partial charge in [-0.3, -0.25) is 9.69 Å². The predicted octanol–water partition coefficient (Wildman–Crippen LogP) is 2.67. The molecule has 19 heavy (non-hydrogen) atoms. The zero-order valence-electron chi connectivity index (χ0n) is 11.8. The topological polar surface area (TPSA) is 44.1 Å². The lowest BCUT2D eigenvalue weighted by Crippen LogP contribution is -2.34. The molecule has 0 aliphatic heterocycles. The van der Waals surface area contributed by atoms with Crippen LogP contribution in [0.2, 0.25) is 0 Å². The molecule has 0 spiro atoms. The molecular weight excluding hydrogens is 236 g/mol. The fraction of sp³-hybridized carbons (Fsp3) is 0.500. The number of rotatable bonds is 8. The molecule has 0 radical (unpaired) electrons. The molecule has 0 fully saturated rings. The van der Waals surface area contributed by atoms with E-state index in [4.69, 9.17) is 5.26 Å². The smallest absolute Gasteiger partial charge is 0.151 e. The van der Waals surface area contributed by atoms with Crippen LogP contribution in [0.4, 0.5) is 0 Å². The first kappa shape index (κ1) is 15.4. The van der Waals surface area contributed by atoms with Crippen LogP contribution in [0.1, 0.15) is 25.8 Å². The van der Waals surface area contributed by atoms with Crippen LogP contribution in [0.3, 0.4) is 0 Å². The molecule has 0 atom stereocenters. The highest BCUT2D eigenvalue weighted by Crippen LogP contribution is 2.04. The van der Waals surface area contributed by atoms with Crippen LogP contribution in [0.5, 0.6) is 0 Å². The van der Waals surface area contributed by atoms with E-state index < -0.39 is 0 Å². The van der Waals surface area contributed by atoms with Crippen molar-refractivity contribution >= 4 is 5.78 Å². The maximum Gasteiger partial charge on any atom is 0.151 e. The number of nitriles is 1. The van der Waals surface area contributed by atoms with E-state index in [0.29, 0.717) is 31.8 Å². The largest absolute Gasteiger partial charge is 0.298 e. The molecule has 1 aromatic carbocycles. The average molecular weight is 258 g/mol. The molecule has 0 unspecified atom stereocenters. The van der Waals surface area contributed by atoms with E-state index in [1.165, 1.54) is 0 Å². The average Bonchev–Trinajstić information content (AvgIpc) is 2.36. The van der Waals surface area contributed by atoms with Gasteiger partial charge in [0.25, 0.3) is 0 Å². The zero-order chi connectivity index (χ0) is 14.1. The molecule has 0 aromatic heterocycles. The van der Waals surface area contributed by atoms with E-state index in [0.717, 1.165) is 12.1 Å². The van der Waals surface area contributed by atoms with E-state index in [-0.39, 0.29) is 5.78 Å². The van der Waals surface area contributed by atoms with Crippen molar-refractivity contribution in [3.05, 3.63) is 35.9 Å². The third-order valence-electron chi connectivity index (χ3n) is 2.81. The summed E-state index contributed by atoms with van der Waals surface area (Å²) in [6.07, 6.45) is 0.952. The number of hydrogen-bond acceptors (Lipinski definition) is 3. The summed E-state index contributed by atoms with van der Waals surface area (Å²) in [5.74, 6) is 0.716. The lowest BCUT2D eigenvalue weighted by molar-refractivity contribution is -0.119. The van der Waals surface area contributed by atoms with Gasteiger partial charge >= 0.3 is 0 Å². The Morgan fingerprint density at radius 1 is 1.32 bits per heavy atom. The molecule has 0 aliphatic rings. The number of nitrogens with zero attached hydrogens (tertiary/aromatic N) is 2. The van der Waals surface area contributed by atoms with Crippen LogP contribution < -0.4 is 0 Å². The van der Waals surface area contributed by atoms with Gasteiger partial charge in [-0.05, 0) is 11.5 Å². The fourth-order valence-corrected chi connectivity index (χ4v) is 2.09. The summed E-state index contributed by atoms with van der Waals surface area (Å²) >= 11 is 0. The second-order valence-electron chi connectivity index (χ2n) is 5.24. The molecule has 0 amide bonds. The van der Waals surface area contributed by atoms with E-state index in [2.05, 4.69) is 24.8 Å². The summed E-state index contributed by atoms with van der Waals surface area (Å²) in [5.41, 5.74) is 1.05. The van der Waals surface area contributed by atoms with Gasteiger partial charge in [-0.2, -0.15) is 5.26 Å². The van der Waals surface area contributed by atoms with Gasteiger partial charge in [-0.1, -0.05) is 44.2 Å². The molecule has 0 N–H and O–H groups in total. The second-order valence-corrected chi connectivity index (χ2v) is 5.24. The van der Waals surface area contributed by atoms with Crippen molar-refractivity contribution in [3.8, 4) is 6.07 Å². The van der Waals surface area contributed by atoms with Gasteiger partial charge in [-0.15, -0.1) is 0 Å². The van der Waals surface area contributed by atoms with Gasteiger partial charge in [0.2, 0.25) is 0 Å². The monoisotopic (exact) mass is 258 g/mol. The maximum absolute atomic E-state index is 12.0. The molecule has 3 heteroatoms. The van der Waals surface area contributed by atoms with Crippen molar-refractivity contribution in [2.75, 3.05) is 19.6 Å². The Hall–Kier alpha value is -1.66. The Morgan fingerprint density at radius 3 is 2.58 bits per heavy atom. The van der Waals surface area contributed by atoms with Crippen LogP contribution in [-0.2, 0) is 11.2 Å². The van der Waals surface area contributed by atoms with Gasteiger partial charge in [0.1, 0.15) is 0 Å². The number of Topliss-reactive ketones (excluding diaryl/α,β-unsaturated/α-hetero) is 1. The maximum atomic E-state index is 12.0. The summed E-state index contributed by atoms with van der Waals surface area (Å²) < 4.78 is 0. The molecule has 3 nitrogen and oxygen atoms in total. The van der Waals surface area contributed by atoms with Crippen molar-refractivity contribution in [3.63, 3.8) is 0 Å². The van der Waals surface area contributed by atoms with Gasteiger partial charge in [-0.25, -0.2) is 0 Å². The molecule has 1 aromatic rings. The van der Waals surface area contributed by atoms with Gasteiger partial charge in [0.05, 0.1) is 12.6 Å². The van der Waals surface area contributed by atoms with Crippen LogP contribution in [0.15, 0.2) is 30.3 Å². The first-order valence-electron chi connectivity index (χ1n) is 6.76. The third kappa shape index (κ3) is 6.73. The highest BCUT2D eigenvalue weighted by atomic mass is 16.1. The highest BCUT2D eigenvalue weighted by molar-refractivity contribution is 5.82. The first-order valence-corrected chi connectivity index (χ1v) is 6.76. The highest BCUT2D eigenvalue weighted by Gasteiger charge is 2.12. The van der Waals surface area contributed by atoms with Gasteiger partial charge < -0.3 is 0 Å². The Morgan fingerprint density at radius 2 is 2.00 bits per heavy atom. The Labute approximate surface area is 115 Å². The van der Waals surface area contributed by atoms with Crippen LogP contribution in [0.25, 0.3) is 0 Å². The third-order valence-corrected chi connectivity index (χ3v) is 2.81. The van der Waals surface area contributed by atoms with Gasteiger partial charge in [0.15, 0.2) is 5.78 Å².